The van der Waals surface area contributed by atoms with Crippen LogP contribution in [0, 0.1) is 0 Å². The summed E-state index contributed by atoms with van der Waals surface area (Å²) in [4.78, 5) is 29.6. The van der Waals surface area contributed by atoms with Crippen molar-refractivity contribution in [3.05, 3.63) is 24.3 Å². The van der Waals surface area contributed by atoms with Crippen molar-refractivity contribution in [3.63, 3.8) is 0 Å². The topological polar surface area (TPSA) is 52.7 Å². The van der Waals surface area contributed by atoms with E-state index in [9.17, 15) is 9.59 Å². The van der Waals surface area contributed by atoms with Crippen LogP contribution in [0.1, 0.15) is 32.6 Å². The molecule has 0 unspecified atom stereocenters. The summed E-state index contributed by atoms with van der Waals surface area (Å²) in [5, 5.41) is 3.05. The first-order valence-corrected chi connectivity index (χ1v) is 9.75. The fourth-order valence-electron chi connectivity index (χ4n) is 3.49. The third-order valence-electron chi connectivity index (χ3n) is 4.66. The van der Waals surface area contributed by atoms with Gasteiger partial charge < -0.3 is 15.1 Å². The molecule has 1 aromatic rings. The number of anilines is 1. The zero-order valence-corrected chi connectivity index (χ0v) is 15.0. The average Bonchev–Trinajstić information content (AvgIpc) is 3.03. The highest BCUT2D eigenvalue weighted by atomic mass is 32.2. The van der Waals surface area contributed by atoms with E-state index in [0.717, 1.165) is 48.7 Å². The number of carbonyl (C=O) groups excluding carboxylic acids is 2. The van der Waals surface area contributed by atoms with Crippen LogP contribution in [0.25, 0.3) is 0 Å². The van der Waals surface area contributed by atoms with Gasteiger partial charge in [0, 0.05) is 37.0 Å². The maximum absolute atomic E-state index is 12.7. The van der Waals surface area contributed by atoms with Gasteiger partial charge >= 0.3 is 6.03 Å². The van der Waals surface area contributed by atoms with Crippen LogP contribution in [-0.2, 0) is 4.79 Å². The Bertz CT molecular complexity index is 608. The van der Waals surface area contributed by atoms with Crippen LogP contribution in [0.5, 0.6) is 0 Å². The van der Waals surface area contributed by atoms with Gasteiger partial charge in [0.25, 0.3) is 0 Å². The number of thioether (sulfide) groups is 1. The summed E-state index contributed by atoms with van der Waals surface area (Å²) < 4.78 is 0. The number of carbonyl (C=O) groups is 2. The van der Waals surface area contributed by atoms with Gasteiger partial charge in [-0.2, -0.15) is 0 Å². The second kappa shape index (κ2) is 7.92. The van der Waals surface area contributed by atoms with Gasteiger partial charge in [0.2, 0.25) is 5.91 Å². The van der Waals surface area contributed by atoms with Crippen molar-refractivity contribution in [1.29, 1.82) is 0 Å². The summed E-state index contributed by atoms with van der Waals surface area (Å²) in [7, 11) is 0. The third kappa shape index (κ3) is 3.86. The highest BCUT2D eigenvalue weighted by molar-refractivity contribution is 7.99. The quantitative estimate of drug-likeness (QED) is 0.849. The van der Waals surface area contributed by atoms with Crippen molar-refractivity contribution >= 4 is 29.4 Å². The van der Waals surface area contributed by atoms with Crippen molar-refractivity contribution in [3.8, 4) is 0 Å². The monoisotopic (exact) mass is 347 g/mol. The van der Waals surface area contributed by atoms with Gasteiger partial charge in [0.15, 0.2) is 0 Å². The molecule has 2 fully saturated rings. The van der Waals surface area contributed by atoms with Crippen LogP contribution in [0.15, 0.2) is 29.2 Å². The Morgan fingerprint density at radius 2 is 2.12 bits per heavy atom. The van der Waals surface area contributed by atoms with E-state index in [2.05, 4.69) is 12.2 Å². The van der Waals surface area contributed by atoms with E-state index in [1.165, 1.54) is 0 Å². The molecule has 0 saturated carbocycles. The molecule has 1 aromatic carbocycles. The van der Waals surface area contributed by atoms with Gasteiger partial charge in [0.05, 0.1) is 5.69 Å². The number of nitrogens with zero attached hydrogens (tertiary/aromatic N) is 2. The van der Waals surface area contributed by atoms with Crippen molar-refractivity contribution in [2.24, 2.45) is 0 Å². The zero-order chi connectivity index (χ0) is 16.9. The van der Waals surface area contributed by atoms with Crippen molar-refractivity contribution in [2.45, 2.75) is 43.5 Å². The van der Waals surface area contributed by atoms with Gasteiger partial charge in [-0.3, -0.25) is 4.79 Å². The molecule has 1 atom stereocenters. The van der Waals surface area contributed by atoms with E-state index in [1.807, 2.05) is 34.1 Å². The first kappa shape index (κ1) is 17.1. The Kier molecular flexibility index (Phi) is 5.66. The summed E-state index contributed by atoms with van der Waals surface area (Å²) >= 11 is 1.73. The lowest BCUT2D eigenvalue weighted by molar-refractivity contribution is -0.130. The maximum atomic E-state index is 12.7. The molecule has 2 heterocycles. The molecule has 0 spiro atoms. The minimum atomic E-state index is -0.0597. The maximum Gasteiger partial charge on any atom is 0.321 e. The molecule has 3 rings (SSSR count). The van der Waals surface area contributed by atoms with Gasteiger partial charge in [0.1, 0.15) is 0 Å². The minimum Gasteiger partial charge on any atom is -0.338 e. The summed E-state index contributed by atoms with van der Waals surface area (Å²) in [6.45, 7) is 4.34. The molecule has 3 amide bonds. The first-order valence-electron chi connectivity index (χ1n) is 8.76. The van der Waals surface area contributed by atoms with E-state index >= 15 is 0 Å². The Balaban J connectivity index is 1.63. The summed E-state index contributed by atoms with van der Waals surface area (Å²) in [5.74, 6) is 1.21. The second-order valence-electron chi connectivity index (χ2n) is 6.29. The number of likely N-dealkylation sites (tertiary alicyclic amines) is 2. The molecule has 0 aliphatic carbocycles. The Hall–Kier alpha value is -1.69. The molecule has 0 bridgehead atoms. The molecular weight excluding hydrogens is 322 g/mol. The molecule has 0 aromatic heterocycles. The summed E-state index contributed by atoms with van der Waals surface area (Å²) in [6.07, 6.45) is 3.55. The number of piperidine rings is 1. The van der Waals surface area contributed by atoms with E-state index in [0.29, 0.717) is 13.0 Å². The van der Waals surface area contributed by atoms with E-state index < -0.39 is 0 Å². The zero-order valence-electron chi connectivity index (χ0n) is 14.2. The number of amides is 3. The number of benzene rings is 1. The fraction of sp³-hybridized carbons (Fsp3) is 0.556. The Labute approximate surface area is 147 Å². The predicted molar refractivity (Wildman–Crippen MR) is 97.4 cm³/mol. The minimum absolute atomic E-state index is 0.0597. The Morgan fingerprint density at radius 3 is 2.88 bits per heavy atom. The van der Waals surface area contributed by atoms with Gasteiger partial charge in [-0.25, -0.2) is 4.79 Å². The van der Waals surface area contributed by atoms with Crippen LogP contribution < -0.4 is 5.32 Å². The highest BCUT2D eigenvalue weighted by Gasteiger charge is 2.32. The number of hydrogen-bond donors (Lipinski definition) is 1. The van der Waals surface area contributed by atoms with Crippen LogP contribution in [-0.4, -0.2) is 53.2 Å². The molecule has 2 aliphatic rings. The number of para-hydroxylation sites is 1. The van der Waals surface area contributed by atoms with E-state index in [-0.39, 0.29) is 18.0 Å². The molecule has 6 heteroatoms. The van der Waals surface area contributed by atoms with Crippen molar-refractivity contribution in [2.75, 3.05) is 30.7 Å². The molecule has 2 saturated heterocycles. The van der Waals surface area contributed by atoms with Crippen LogP contribution >= 0.6 is 11.8 Å². The number of hydrogen-bond acceptors (Lipinski definition) is 3. The SMILES string of the molecule is CCSc1ccccc1NC(=O)N1CCC[C@@H](N2CCCC2=O)C1. The van der Waals surface area contributed by atoms with Crippen molar-refractivity contribution in [1.82, 2.24) is 9.80 Å². The second-order valence-corrected chi connectivity index (χ2v) is 7.60. The molecule has 130 valence electrons. The smallest absolute Gasteiger partial charge is 0.321 e. The normalized spacial score (nSPS) is 21.2. The Morgan fingerprint density at radius 1 is 1.29 bits per heavy atom. The molecule has 5 nitrogen and oxygen atoms in total. The summed E-state index contributed by atoms with van der Waals surface area (Å²) in [5.41, 5.74) is 0.869. The van der Waals surface area contributed by atoms with Gasteiger partial charge in [-0.15, -0.1) is 11.8 Å². The van der Waals surface area contributed by atoms with Crippen molar-refractivity contribution < 1.29 is 9.59 Å². The van der Waals surface area contributed by atoms with E-state index in [4.69, 9.17) is 0 Å². The summed E-state index contributed by atoms with van der Waals surface area (Å²) in [6, 6.07) is 8.03. The standard InChI is InChI=1S/C18H25N3O2S/c1-2-24-16-9-4-3-8-15(16)19-18(23)20-11-5-7-14(13-20)21-12-6-10-17(21)22/h3-4,8-9,14H,2,5-7,10-13H2,1H3,(H,19,23)/t14-/m1/s1. The molecule has 1 N–H and O–H groups in total. The van der Waals surface area contributed by atoms with E-state index in [1.54, 1.807) is 11.8 Å². The lowest BCUT2D eigenvalue weighted by atomic mass is 10.0. The largest absolute Gasteiger partial charge is 0.338 e. The third-order valence-corrected chi connectivity index (χ3v) is 5.62. The number of urea groups is 1. The predicted octanol–water partition coefficient (Wildman–Crippen LogP) is 3.42. The molecular formula is C18H25N3O2S. The lowest BCUT2D eigenvalue weighted by Crippen LogP contribution is -2.51. The van der Waals surface area contributed by atoms with Crippen LogP contribution in [0.3, 0.4) is 0 Å². The number of rotatable bonds is 4. The van der Waals surface area contributed by atoms with Gasteiger partial charge in [-0.05, 0) is 37.1 Å². The molecule has 24 heavy (non-hydrogen) atoms. The molecule has 2 aliphatic heterocycles. The van der Waals surface area contributed by atoms with Crippen LogP contribution in [0.4, 0.5) is 10.5 Å². The molecule has 0 radical (unpaired) electrons. The first-order chi connectivity index (χ1) is 11.7. The van der Waals surface area contributed by atoms with Crippen LogP contribution in [0.2, 0.25) is 0 Å². The average molecular weight is 347 g/mol. The van der Waals surface area contributed by atoms with Gasteiger partial charge in [-0.1, -0.05) is 19.1 Å². The highest BCUT2D eigenvalue weighted by Crippen LogP contribution is 2.27. The lowest BCUT2D eigenvalue weighted by Gasteiger charge is -2.37. The fourth-order valence-corrected chi connectivity index (χ4v) is 4.25. The number of nitrogens with one attached hydrogen (secondary N) is 1.